The molecule has 5 heteroatoms. The predicted molar refractivity (Wildman–Crippen MR) is 81.6 cm³/mol. The van der Waals surface area contributed by atoms with E-state index in [1.807, 2.05) is 6.07 Å². The topological polar surface area (TPSA) is 35.5 Å². The quantitative estimate of drug-likeness (QED) is 0.803. The summed E-state index contributed by atoms with van der Waals surface area (Å²) >= 11 is 1.66. The summed E-state index contributed by atoms with van der Waals surface area (Å²) in [6, 6.07) is 4.12. The molecule has 0 bridgehead atoms. The van der Waals surface area contributed by atoms with Gasteiger partial charge in [-0.15, -0.1) is 11.3 Å². The van der Waals surface area contributed by atoms with Gasteiger partial charge in [-0.25, -0.2) is 0 Å². The fourth-order valence-corrected chi connectivity index (χ4v) is 3.85. The van der Waals surface area contributed by atoms with Crippen LogP contribution in [0.5, 0.6) is 0 Å². The van der Waals surface area contributed by atoms with Crippen LogP contribution in [0.25, 0.3) is 0 Å². The number of rotatable bonds is 3. The first-order valence-corrected chi connectivity index (χ1v) is 7.96. The van der Waals surface area contributed by atoms with Crippen molar-refractivity contribution in [3.05, 3.63) is 17.0 Å². The molecule has 3 nitrogen and oxygen atoms in total. The van der Waals surface area contributed by atoms with Gasteiger partial charge < -0.3 is 9.31 Å². The third-order valence-electron chi connectivity index (χ3n) is 5.01. The van der Waals surface area contributed by atoms with E-state index < -0.39 is 0 Å². The molecule has 1 saturated heterocycles. The van der Waals surface area contributed by atoms with E-state index in [2.05, 4.69) is 33.8 Å². The molecule has 0 aromatic carbocycles. The third kappa shape index (κ3) is 1.99. The molecule has 1 aromatic heterocycles. The van der Waals surface area contributed by atoms with Crippen LogP contribution < -0.4 is 4.78 Å². The molecule has 1 aliphatic heterocycles. The van der Waals surface area contributed by atoms with E-state index in [0.29, 0.717) is 0 Å². The van der Waals surface area contributed by atoms with Crippen molar-refractivity contribution < 1.29 is 14.1 Å². The first-order chi connectivity index (χ1) is 9.18. The number of carbonyl (C=O) groups is 1. The second kappa shape index (κ2) is 4.18. The largest absolute Gasteiger partial charge is 0.505 e. The van der Waals surface area contributed by atoms with Crippen LogP contribution in [-0.2, 0) is 19.5 Å². The molecule has 20 heavy (non-hydrogen) atoms. The average Bonchev–Trinajstić information content (AvgIpc) is 2.92. The van der Waals surface area contributed by atoms with E-state index >= 15 is 0 Å². The van der Waals surface area contributed by atoms with Crippen molar-refractivity contribution in [1.82, 2.24) is 0 Å². The van der Waals surface area contributed by atoms with Gasteiger partial charge in [-0.2, -0.15) is 0 Å². The summed E-state index contributed by atoms with van der Waals surface area (Å²) in [5, 5.41) is 0. The minimum absolute atomic E-state index is 0.202. The molecule has 1 aromatic rings. The zero-order valence-corrected chi connectivity index (χ0v) is 13.6. The number of Topliss-reactive ketones (excluding diaryl/α,β-unsaturated/α-hetero) is 1. The fraction of sp³-hybridized carbons (Fsp3) is 0.667. The van der Waals surface area contributed by atoms with E-state index in [0.717, 1.165) is 22.5 Å². The molecule has 0 spiro atoms. The maximum Gasteiger partial charge on any atom is 0.505 e. The minimum Gasteiger partial charge on any atom is -0.399 e. The monoisotopic (exact) mass is 292 g/mol. The molecule has 0 radical (unpaired) electrons. The van der Waals surface area contributed by atoms with Gasteiger partial charge in [-0.3, -0.25) is 4.79 Å². The predicted octanol–water partition coefficient (Wildman–Crippen LogP) is 2.67. The highest BCUT2D eigenvalue weighted by atomic mass is 32.1. The van der Waals surface area contributed by atoms with Crippen LogP contribution in [0.3, 0.4) is 0 Å². The van der Waals surface area contributed by atoms with Gasteiger partial charge in [-0.1, -0.05) is 6.07 Å². The summed E-state index contributed by atoms with van der Waals surface area (Å²) in [6.45, 7) is 9.92. The molecule has 0 amide bonds. The van der Waals surface area contributed by atoms with E-state index in [9.17, 15) is 4.79 Å². The van der Waals surface area contributed by atoms with Crippen molar-refractivity contribution in [3.63, 3.8) is 0 Å². The fourth-order valence-electron chi connectivity index (χ4n) is 2.59. The van der Waals surface area contributed by atoms with Crippen LogP contribution in [0.1, 0.15) is 52.3 Å². The van der Waals surface area contributed by atoms with Crippen molar-refractivity contribution in [1.29, 1.82) is 0 Å². The summed E-state index contributed by atoms with van der Waals surface area (Å²) in [5.41, 5.74) is -0.841. The Morgan fingerprint density at radius 3 is 2.15 bits per heavy atom. The number of hydrogen-bond donors (Lipinski definition) is 0. The molecular formula is C15H21BO3S. The average molecular weight is 292 g/mol. The molecule has 1 aliphatic carbocycles. The second-order valence-electron chi connectivity index (χ2n) is 6.93. The molecule has 108 valence electrons. The highest BCUT2D eigenvalue weighted by molar-refractivity contribution is 7.22. The summed E-state index contributed by atoms with van der Waals surface area (Å²) in [7, 11) is -0.318. The standard InChI is InChI=1S/C15H21BO3S/c1-10(17)15(8-9-15)11-6-7-12(20-11)16-18-13(2,3)14(4,5)19-16/h6-7H,8-9H2,1-5H3. The Bertz CT molecular complexity index is 541. The highest BCUT2D eigenvalue weighted by Gasteiger charge is 2.54. The zero-order chi connectivity index (χ0) is 14.8. The van der Waals surface area contributed by atoms with Crippen LogP contribution in [0, 0.1) is 0 Å². The van der Waals surface area contributed by atoms with E-state index in [1.54, 1.807) is 18.3 Å². The Balaban J connectivity index is 1.84. The Kier molecular flexibility index (Phi) is 2.99. The minimum atomic E-state index is -0.320. The van der Waals surface area contributed by atoms with E-state index in [-0.39, 0.29) is 29.5 Å². The molecular weight excluding hydrogens is 271 g/mol. The molecule has 0 atom stereocenters. The van der Waals surface area contributed by atoms with Crippen LogP contribution >= 0.6 is 11.3 Å². The lowest BCUT2D eigenvalue weighted by Gasteiger charge is -2.32. The zero-order valence-electron chi connectivity index (χ0n) is 12.8. The maximum absolute atomic E-state index is 11.8. The molecule has 0 unspecified atom stereocenters. The Hall–Kier alpha value is -0.645. The molecule has 2 heterocycles. The molecule has 1 saturated carbocycles. The second-order valence-corrected chi connectivity index (χ2v) is 8.04. The Labute approximate surface area is 124 Å². The maximum atomic E-state index is 11.8. The SMILES string of the molecule is CC(=O)C1(c2ccc(B3OC(C)(C)C(C)(C)O3)s2)CC1. The summed E-state index contributed by atoms with van der Waals surface area (Å²) in [5.74, 6) is 0.278. The molecule has 0 N–H and O–H groups in total. The number of thiophene rings is 1. The van der Waals surface area contributed by atoms with Gasteiger partial charge in [0.2, 0.25) is 0 Å². The molecule has 2 fully saturated rings. The van der Waals surface area contributed by atoms with Crippen LogP contribution in [0.4, 0.5) is 0 Å². The lowest BCUT2D eigenvalue weighted by Crippen LogP contribution is -2.41. The van der Waals surface area contributed by atoms with Crippen molar-refractivity contribution in [3.8, 4) is 0 Å². The van der Waals surface area contributed by atoms with Crippen molar-refractivity contribution >= 4 is 29.0 Å². The van der Waals surface area contributed by atoms with Crippen molar-refractivity contribution in [2.45, 2.75) is 64.1 Å². The first-order valence-electron chi connectivity index (χ1n) is 7.15. The van der Waals surface area contributed by atoms with Gasteiger partial charge >= 0.3 is 7.12 Å². The lowest BCUT2D eigenvalue weighted by atomic mass is 9.88. The summed E-state index contributed by atoms with van der Waals surface area (Å²) in [4.78, 5) is 13.0. The van der Waals surface area contributed by atoms with Crippen molar-refractivity contribution in [2.24, 2.45) is 0 Å². The van der Waals surface area contributed by atoms with Gasteiger partial charge in [0.1, 0.15) is 5.78 Å². The number of carbonyl (C=O) groups excluding carboxylic acids is 1. The van der Waals surface area contributed by atoms with E-state index in [4.69, 9.17) is 9.31 Å². The first kappa shape index (κ1) is 14.3. The van der Waals surface area contributed by atoms with Gasteiger partial charge in [-0.05, 0) is 53.5 Å². The number of ketones is 1. The summed E-state index contributed by atoms with van der Waals surface area (Å²) < 4.78 is 13.2. The Morgan fingerprint density at radius 1 is 1.15 bits per heavy atom. The van der Waals surface area contributed by atoms with E-state index in [1.165, 1.54) is 0 Å². The lowest BCUT2D eigenvalue weighted by molar-refractivity contribution is -0.119. The molecule has 2 aliphatic rings. The van der Waals surface area contributed by atoms with Gasteiger partial charge in [0, 0.05) is 9.65 Å². The molecule has 3 rings (SSSR count). The number of hydrogen-bond acceptors (Lipinski definition) is 4. The van der Waals surface area contributed by atoms with Crippen LogP contribution in [0.15, 0.2) is 12.1 Å². The Morgan fingerprint density at radius 2 is 1.70 bits per heavy atom. The normalized spacial score (nSPS) is 25.8. The highest BCUT2D eigenvalue weighted by Crippen LogP contribution is 2.50. The third-order valence-corrected chi connectivity index (χ3v) is 6.32. The summed E-state index contributed by atoms with van der Waals surface area (Å²) in [6.07, 6.45) is 1.96. The van der Waals surface area contributed by atoms with Crippen molar-refractivity contribution in [2.75, 3.05) is 0 Å². The van der Waals surface area contributed by atoms with Gasteiger partial charge in [0.15, 0.2) is 0 Å². The van der Waals surface area contributed by atoms with Crippen LogP contribution in [-0.4, -0.2) is 24.1 Å². The van der Waals surface area contributed by atoms with Gasteiger partial charge in [0.05, 0.1) is 16.6 Å². The smallest absolute Gasteiger partial charge is 0.399 e. The van der Waals surface area contributed by atoms with Crippen LogP contribution in [0.2, 0.25) is 0 Å². The van der Waals surface area contributed by atoms with Gasteiger partial charge in [0.25, 0.3) is 0 Å².